The molecule has 0 aliphatic heterocycles. The van der Waals surface area contributed by atoms with Gasteiger partial charge in [-0.05, 0) is 46.6 Å². The molecule has 4 heteroatoms. The van der Waals surface area contributed by atoms with Gasteiger partial charge in [0.05, 0.1) is 15.9 Å². The molecule has 0 heterocycles. The summed E-state index contributed by atoms with van der Waals surface area (Å²) in [4.78, 5) is -0.0350. The van der Waals surface area contributed by atoms with Crippen LogP contribution in [0.1, 0.15) is 22.9 Å². The van der Waals surface area contributed by atoms with Crippen LogP contribution in [-0.2, 0) is 0 Å². The van der Waals surface area contributed by atoms with E-state index in [-0.39, 0.29) is 10.6 Å². The van der Waals surface area contributed by atoms with Gasteiger partial charge in [0.1, 0.15) is 11.6 Å². The summed E-state index contributed by atoms with van der Waals surface area (Å²) in [5, 5.41) is 0. The second-order valence-corrected chi connectivity index (χ2v) is 5.78. The molecule has 0 saturated heterocycles. The van der Waals surface area contributed by atoms with Gasteiger partial charge >= 0.3 is 0 Å². The minimum Gasteiger partial charge on any atom is -0.494 e. The minimum absolute atomic E-state index is 0.0350. The Bertz CT molecular complexity index is 572. The van der Waals surface area contributed by atoms with Crippen LogP contribution in [0, 0.1) is 5.82 Å². The fraction of sp³-hybridized carbons (Fsp3) is 0.200. The van der Waals surface area contributed by atoms with Crippen molar-refractivity contribution in [2.45, 2.75) is 11.8 Å². The highest BCUT2D eigenvalue weighted by Crippen LogP contribution is 2.37. The van der Waals surface area contributed by atoms with E-state index in [9.17, 15) is 4.39 Å². The van der Waals surface area contributed by atoms with E-state index in [0.717, 1.165) is 16.9 Å². The van der Waals surface area contributed by atoms with E-state index in [1.54, 1.807) is 12.1 Å². The molecular weight excluding hydrogens is 375 g/mol. The van der Waals surface area contributed by atoms with Crippen LogP contribution in [0.3, 0.4) is 0 Å². The molecule has 0 bridgehead atoms. The number of para-hydroxylation sites is 1. The molecule has 0 radical (unpaired) electrons. The van der Waals surface area contributed by atoms with E-state index in [1.165, 1.54) is 6.07 Å². The van der Waals surface area contributed by atoms with Crippen LogP contribution < -0.4 is 4.74 Å². The third-order valence-corrected chi connectivity index (χ3v) is 4.36. The van der Waals surface area contributed by atoms with Crippen LogP contribution >= 0.6 is 31.9 Å². The molecular formula is C15H13Br2FO. The Balaban J connectivity index is 2.37. The molecule has 0 N–H and O–H groups in total. The number of hydrogen-bond donors (Lipinski definition) is 0. The van der Waals surface area contributed by atoms with Crippen molar-refractivity contribution in [2.75, 3.05) is 6.61 Å². The Labute approximate surface area is 129 Å². The van der Waals surface area contributed by atoms with E-state index < -0.39 is 0 Å². The van der Waals surface area contributed by atoms with Gasteiger partial charge in [-0.25, -0.2) is 4.39 Å². The molecule has 1 nitrogen and oxygen atoms in total. The first kappa shape index (κ1) is 14.5. The summed E-state index contributed by atoms with van der Waals surface area (Å²) >= 11 is 6.86. The van der Waals surface area contributed by atoms with Crippen LogP contribution in [0.2, 0.25) is 0 Å². The largest absolute Gasteiger partial charge is 0.494 e. The summed E-state index contributed by atoms with van der Waals surface area (Å²) in [7, 11) is 0. The number of alkyl halides is 1. The number of ether oxygens (including phenoxy) is 1. The van der Waals surface area contributed by atoms with Crippen LogP contribution in [0.15, 0.2) is 46.9 Å². The first-order valence-electron chi connectivity index (χ1n) is 5.94. The average Bonchev–Trinajstić information content (AvgIpc) is 2.42. The lowest BCUT2D eigenvalue weighted by molar-refractivity contribution is 0.337. The molecule has 2 aromatic carbocycles. The number of benzene rings is 2. The molecule has 0 saturated carbocycles. The third kappa shape index (κ3) is 3.37. The topological polar surface area (TPSA) is 9.23 Å². The number of hydrogen-bond acceptors (Lipinski definition) is 1. The molecule has 2 aromatic rings. The fourth-order valence-corrected chi connectivity index (χ4v) is 2.89. The average molecular weight is 388 g/mol. The van der Waals surface area contributed by atoms with Crippen molar-refractivity contribution in [1.29, 1.82) is 0 Å². The molecule has 0 fully saturated rings. The summed E-state index contributed by atoms with van der Waals surface area (Å²) in [5.74, 6) is 0.578. The highest BCUT2D eigenvalue weighted by atomic mass is 79.9. The van der Waals surface area contributed by atoms with Crippen molar-refractivity contribution in [1.82, 2.24) is 0 Å². The van der Waals surface area contributed by atoms with Crippen molar-refractivity contribution in [3.63, 3.8) is 0 Å². The predicted octanol–water partition coefficient (Wildman–Crippen LogP) is 5.47. The summed E-state index contributed by atoms with van der Waals surface area (Å²) < 4.78 is 19.4. The van der Waals surface area contributed by atoms with E-state index in [4.69, 9.17) is 4.74 Å². The summed E-state index contributed by atoms with van der Waals surface area (Å²) in [6, 6.07) is 12.8. The molecule has 1 unspecified atom stereocenters. The first-order chi connectivity index (χ1) is 9.13. The Hall–Kier alpha value is -0.870. The lowest BCUT2D eigenvalue weighted by atomic mass is 10.0. The van der Waals surface area contributed by atoms with E-state index in [2.05, 4.69) is 31.9 Å². The van der Waals surface area contributed by atoms with Crippen molar-refractivity contribution < 1.29 is 9.13 Å². The fourth-order valence-electron chi connectivity index (χ4n) is 1.83. The van der Waals surface area contributed by atoms with E-state index in [0.29, 0.717) is 11.1 Å². The number of halogens is 3. The Kier molecular flexibility index (Phi) is 4.99. The van der Waals surface area contributed by atoms with Crippen LogP contribution in [-0.4, -0.2) is 6.61 Å². The second-order valence-electron chi connectivity index (χ2n) is 4.01. The van der Waals surface area contributed by atoms with Gasteiger partial charge in [-0.3, -0.25) is 0 Å². The highest BCUT2D eigenvalue weighted by molar-refractivity contribution is 9.10. The normalized spacial score (nSPS) is 12.2. The Morgan fingerprint density at radius 1 is 1.21 bits per heavy atom. The molecule has 0 aliphatic carbocycles. The molecule has 1 atom stereocenters. The Morgan fingerprint density at radius 3 is 2.63 bits per heavy atom. The zero-order valence-electron chi connectivity index (χ0n) is 10.4. The van der Waals surface area contributed by atoms with Gasteiger partial charge in [-0.15, -0.1) is 0 Å². The van der Waals surface area contributed by atoms with Gasteiger partial charge in [0.25, 0.3) is 0 Å². The van der Waals surface area contributed by atoms with Gasteiger partial charge in [-0.2, -0.15) is 0 Å². The minimum atomic E-state index is -0.262. The molecule has 0 aromatic heterocycles. The molecule has 0 spiro atoms. The van der Waals surface area contributed by atoms with E-state index >= 15 is 0 Å². The van der Waals surface area contributed by atoms with Gasteiger partial charge in [0.2, 0.25) is 0 Å². The van der Waals surface area contributed by atoms with Crippen molar-refractivity contribution in [3.8, 4) is 5.75 Å². The van der Waals surface area contributed by atoms with Crippen molar-refractivity contribution in [2.24, 2.45) is 0 Å². The smallest absolute Gasteiger partial charge is 0.137 e. The zero-order valence-corrected chi connectivity index (χ0v) is 13.5. The third-order valence-electron chi connectivity index (χ3n) is 2.73. The van der Waals surface area contributed by atoms with E-state index in [1.807, 2.05) is 31.2 Å². The molecule has 2 rings (SSSR count). The monoisotopic (exact) mass is 386 g/mol. The molecule has 19 heavy (non-hydrogen) atoms. The zero-order chi connectivity index (χ0) is 13.8. The van der Waals surface area contributed by atoms with Gasteiger partial charge in [-0.1, -0.05) is 40.2 Å². The maximum atomic E-state index is 13.3. The van der Waals surface area contributed by atoms with Gasteiger partial charge < -0.3 is 4.74 Å². The highest BCUT2D eigenvalue weighted by Gasteiger charge is 2.16. The molecule has 0 amide bonds. The van der Waals surface area contributed by atoms with Crippen LogP contribution in [0.5, 0.6) is 5.75 Å². The summed E-state index contributed by atoms with van der Waals surface area (Å²) in [6.07, 6.45) is 0. The molecule has 100 valence electrons. The lowest BCUT2D eigenvalue weighted by Gasteiger charge is -2.16. The Morgan fingerprint density at radius 2 is 1.95 bits per heavy atom. The SMILES string of the molecule is CCOc1ccccc1C(Br)c1ccc(F)c(Br)c1. The second kappa shape index (κ2) is 6.53. The van der Waals surface area contributed by atoms with Crippen molar-refractivity contribution >= 4 is 31.9 Å². The molecule has 0 aliphatic rings. The maximum Gasteiger partial charge on any atom is 0.137 e. The van der Waals surface area contributed by atoms with Crippen molar-refractivity contribution in [3.05, 3.63) is 63.9 Å². The van der Waals surface area contributed by atoms with Crippen LogP contribution in [0.25, 0.3) is 0 Å². The maximum absolute atomic E-state index is 13.3. The summed E-state index contributed by atoms with van der Waals surface area (Å²) in [5.41, 5.74) is 2.00. The lowest BCUT2D eigenvalue weighted by Crippen LogP contribution is -2.00. The van der Waals surface area contributed by atoms with Gasteiger partial charge in [0, 0.05) is 5.56 Å². The quantitative estimate of drug-likeness (QED) is 0.632. The predicted molar refractivity (Wildman–Crippen MR) is 82.5 cm³/mol. The van der Waals surface area contributed by atoms with Crippen LogP contribution in [0.4, 0.5) is 4.39 Å². The number of rotatable bonds is 4. The first-order valence-corrected chi connectivity index (χ1v) is 7.65. The summed E-state index contributed by atoms with van der Waals surface area (Å²) in [6.45, 7) is 2.57. The van der Waals surface area contributed by atoms with Gasteiger partial charge in [0.15, 0.2) is 0 Å². The standard InChI is InChI=1S/C15H13Br2FO/c1-2-19-14-6-4-3-5-11(14)15(17)10-7-8-13(18)12(16)9-10/h3-9,15H,2H2,1H3.